The number of H-pyrrole nitrogens is 1. The highest BCUT2D eigenvalue weighted by Crippen LogP contribution is 2.29. The number of fused-ring (bicyclic) bond motifs is 1. The SMILES string of the molecule is C=C(C)N=C(ON)c1cc2cc(C3N=C(C(=O)NCC4CCOCC4)NC3C)ccc2[nH]1. The summed E-state index contributed by atoms with van der Waals surface area (Å²) >= 11 is 0. The first kappa shape index (κ1) is 22.0. The number of nitrogens with one attached hydrogen (secondary N) is 3. The molecule has 0 saturated carbocycles. The Labute approximate surface area is 187 Å². The zero-order chi connectivity index (χ0) is 22.7. The van der Waals surface area contributed by atoms with E-state index in [4.69, 9.17) is 15.5 Å². The van der Waals surface area contributed by atoms with Gasteiger partial charge in [0, 0.05) is 36.4 Å². The van der Waals surface area contributed by atoms with Crippen molar-refractivity contribution in [2.75, 3.05) is 19.8 Å². The second-order valence-corrected chi connectivity index (χ2v) is 8.42. The van der Waals surface area contributed by atoms with Crippen molar-refractivity contribution in [3.8, 4) is 0 Å². The molecule has 0 radical (unpaired) electrons. The number of nitrogens with two attached hydrogens (primary N) is 1. The predicted molar refractivity (Wildman–Crippen MR) is 124 cm³/mol. The van der Waals surface area contributed by atoms with Crippen molar-refractivity contribution < 1.29 is 14.4 Å². The third-order valence-corrected chi connectivity index (χ3v) is 5.83. The second kappa shape index (κ2) is 9.54. The minimum atomic E-state index is -0.157. The van der Waals surface area contributed by atoms with Crippen LogP contribution in [0, 0.1) is 5.92 Å². The van der Waals surface area contributed by atoms with Gasteiger partial charge in [0.2, 0.25) is 0 Å². The van der Waals surface area contributed by atoms with Crippen LogP contribution >= 0.6 is 0 Å². The summed E-state index contributed by atoms with van der Waals surface area (Å²) in [6.07, 6.45) is 1.96. The maximum Gasteiger partial charge on any atom is 0.286 e. The molecule has 170 valence electrons. The molecule has 3 heterocycles. The zero-order valence-corrected chi connectivity index (χ0v) is 18.5. The first-order valence-electron chi connectivity index (χ1n) is 10.9. The van der Waals surface area contributed by atoms with Crippen LogP contribution in [0.15, 0.2) is 46.5 Å². The number of allylic oxidation sites excluding steroid dienone is 1. The summed E-state index contributed by atoms with van der Waals surface area (Å²) in [4.78, 5) is 29.7. The smallest absolute Gasteiger partial charge is 0.286 e. The monoisotopic (exact) mass is 438 g/mol. The summed E-state index contributed by atoms with van der Waals surface area (Å²) in [5.74, 6) is 6.34. The quantitative estimate of drug-likeness (QED) is 0.313. The molecule has 2 unspecified atom stereocenters. The summed E-state index contributed by atoms with van der Waals surface area (Å²) in [6.45, 7) is 9.73. The standard InChI is InChI=1S/C23H30N6O3/c1-13(2)26-23(32-24)19-11-17-10-16(4-5-18(17)28-19)20-14(3)27-21(29-20)22(30)25-12-15-6-8-31-9-7-15/h4-5,10-11,14-15,20,28H,1,6-9,12,24H2,2-3H3,(H,25,30)(H,27,29). The van der Waals surface area contributed by atoms with Gasteiger partial charge < -0.3 is 25.2 Å². The number of carbonyl (C=O) groups is 1. The number of hydrogen-bond acceptors (Lipinski definition) is 7. The Morgan fingerprint density at radius 2 is 2.16 bits per heavy atom. The molecule has 2 atom stereocenters. The van der Waals surface area contributed by atoms with Gasteiger partial charge in [-0.2, -0.15) is 5.90 Å². The van der Waals surface area contributed by atoms with Crippen molar-refractivity contribution >= 4 is 28.5 Å². The van der Waals surface area contributed by atoms with Crippen LogP contribution in [0.1, 0.15) is 44.0 Å². The van der Waals surface area contributed by atoms with Crippen LogP contribution in [0.5, 0.6) is 0 Å². The van der Waals surface area contributed by atoms with E-state index >= 15 is 0 Å². The van der Waals surface area contributed by atoms with E-state index in [9.17, 15) is 4.79 Å². The number of ether oxygens (including phenoxy) is 1. The van der Waals surface area contributed by atoms with Crippen molar-refractivity contribution in [2.45, 2.75) is 38.8 Å². The normalized spacial score (nSPS) is 21.8. The number of aromatic amines is 1. The maximum absolute atomic E-state index is 12.6. The molecule has 1 amide bonds. The summed E-state index contributed by atoms with van der Waals surface area (Å²) < 4.78 is 5.38. The Kier molecular flexibility index (Phi) is 6.57. The Hall–Kier alpha value is -3.17. The lowest BCUT2D eigenvalue weighted by atomic mass is 10.0. The number of carbonyl (C=O) groups excluding carboxylic acids is 1. The van der Waals surface area contributed by atoms with E-state index in [2.05, 4.69) is 38.2 Å². The fourth-order valence-corrected chi connectivity index (χ4v) is 4.12. The molecule has 9 nitrogen and oxygen atoms in total. The third-order valence-electron chi connectivity index (χ3n) is 5.83. The van der Waals surface area contributed by atoms with E-state index in [0.717, 1.165) is 42.5 Å². The van der Waals surface area contributed by atoms with Crippen molar-refractivity contribution in [1.82, 2.24) is 15.6 Å². The summed E-state index contributed by atoms with van der Waals surface area (Å²) in [6, 6.07) is 7.81. The van der Waals surface area contributed by atoms with Crippen molar-refractivity contribution in [3.05, 3.63) is 47.8 Å². The number of aromatic nitrogens is 1. The van der Waals surface area contributed by atoms with Gasteiger partial charge >= 0.3 is 0 Å². The van der Waals surface area contributed by atoms with Gasteiger partial charge in [-0.05, 0) is 56.4 Å². The van der Waals surface area contributed by atoms with Crippen LogP contribution in [0.25, 0.3) is 10.9 Å². The van der Waals surface area contributed by atoms with E-state index in [1.165, 1.54) is 0 Å². The van der Waals surface area contributed by atoms with Crippen molar-refractivity contribution in [2.24, 2.45) is 21.8 Å². The molecular formula is C23H30N6O3. The largest absolute Gasteiger partial charge is 0.389 e. The van der Waals surface area contributed by atoms with E-state index in [1.54, 1.807) is 6.92 Å². The fourth-order valence-electron chi connectivity index (χ4n) is 4.12. The molecule has 9 heteroatoms. The van der Waals surface area contributed by atoms with E-state index < -0.39 is 0 Å². The Balaban J connectivity index is 1.49. The molecule has 4 rings (SSSR count). The van der Waals surface area contributed by atoms with Crippen LogP contribution in [0.4, 0.5) is 0 Å². The molecule has 2 aliphatic rings. The molecule has 0 aliphatic carbocycles. The van der Waals surface area contributed by atoms with E-state index in [-0.39, 0.29) is 23.9 Å². The van der Waals surface area contributed by atoms with Gasteiger partial charge in [0.25, 0.3) is 11.8 Å². The van der Waals surface area contributed by atoms with Crippen LogP contribution in [0.2, 0.25) is 0 Å². The first-order chi connectivity index (χ1) is 15.4. The molecule has 1 saturated heterocycles. The molecule has 1 fully saturated rings. The van der Waals surface area contributed by atoms with Gasteiger partial charge in [0.15, 0.2) is 5.84 Å². The minimum Gasteiger partial charge on any atom is -0.389 e. The summed E-state index contributed by atoms with van der Waals surface area (Å²) in [5, 5.41) is 7.22. The van der Waals surface area contributed by atoms with Gasteiger partial charge in [-0.25, -0.2) is 4.99 Å². The van der Waals surface area contributed by atoms with Gasteiger partial charge in [0.05, 0.1) is 12.1 Å². The number of amidine groups is 1. The van der Waals surface area contributed by atoms with Gasteiger partial charge in [-0.15, -0.1) is 0 Å². The topological polar surface area (TPSA) is 126 Å². The van der Waals surface area contributed by atoms with Crippen LogP contribution < -0.4 is 16.5 Å². The number of hydrogen-bond donors (Lipinski definition) is 4. The highest BCUT2D eigenvalue weighted by atomic mass is 16.6. The molecule has 2 aliphatic heterocycles. The lowest BCUT2D eigenvalue weighted by Crippen LogP contribution is -2.42. The number of benzene rings is 1. The minimum absolute atomic E-state index is 0.00241. The highest BCUT2D eigenvalue weighted by molar-refractivity contribution is 6.38. The highest BCUT2D eigenvalue weighted by Gasteiger charge is 2.30. The third kappa shape index (κ3) is 4.84. The molecular weight excluding hydrogens is 408 g/mol. The zero-order valence-electron chi connectivity index (χ0n) is 18.5. The molecule has 0 bridgehead atoms. The number of amides is 1. The molecule has 5 N–H and O–H groups in total. The van der Waals surface area contributed by atoms with Gasteiger partial charge in [-0.1, -0.05) is 12.6 Å². The summed E-state index contributed by atoms with van der Waals surface area (Å²) in [5.41, 5.74) is 3.19. The Morgan fingerprint density at radius 1 is 1.38 bits per heavy atom. The van der Waals surface area contributed by atoms with Crippen LogP contribution in [0.3, 0.4) is 0 Å². The van der Waals surface area contributed by atoms with Crippen molar-refractivity contribution in [1.29, 1.82) is 0 Å². The number of aliphatic imine (C=N–C) groups is 2. The average molecular weight is 439 g/mol. The maximum atomic E-state index is 12.6. The predicted octanol–water partition coefficient (Wildman–Crippen LogP) is 2.31. The summed E-state index contributed by atoms with van der Waals surface area (Å²) in [7, 11) is 0. The van der Waals surface area contributed by atoms with Gasteiger partial charge in [-0.3, -0.25) is 9.79 Å². The lowest BCUT2D eigenvalue weighted by molar-refractivity contribution is -0.115. The molecule has 2 aromatic rings. The molecule has 1 aromatic carbocycles. The molecule has 0 spiro atoms. The molecule has 32 heavy (non-hydrogen) atoms. The Morgan fingerprint density at radius 3 is 2.88 bits per heavy atom. The number of rotatable bonds is 6. The van der Waals surface area contributed by atoms with Crippen LogP contribution in [-0.4, -0.2) is 48.4 Å². The lowest BCUT2D eigenvalue weighted by Gasteiger charge is -2.22. The Bertz CT molecular complexity index is 1070. The first-order valence-corrected chi connectivity index (χ1v) is 10.9. The average Bonchev–Trinajstić information content (AvgIpc) is 3.39. The van der Waals surface area contributed by atoms with Crippen molar-refractivity contribution in [3.63, 3.8) is 0 Å². The van der Waals surface area contributed by atoms with Crippen LogP contribution in [-0.2, 0) is 14.4 Å². The van der Waals surface area contributed by atoms with E-state index in [1.807, 2.05) is 25.1 Å². The van der Waals surface area contributed by atoms with E-state index in [0.29, 0.717) is 29.7 Å². The second-order valence-electron chi connectivity index (χ2n) is 8.42. The number of nitrogens with zero attached hydrogens (tertiary/aromatic N) is 2. The molecule has 1 aromatic heterocycles. The fraction of sp³-hybridized carbons (Fsp3) is 0.435. The van der Waals surface area contributed by atoms with Gasteiger partial charge in [0.1, 0.15) is 5.69 Å².